The molecule has 14 heavy (non-hydrogen) atoms. The highest BCUT2D eigenvalue weighted by molar-refractivity contribution is 7.09. The number of aromatic nitrogens is 1. The zero-order valence-corrected chi connectivity index (χ0v) is 8.40. The van der Waals surface area contributed by atoms with Crippen molar-refractivity contribution in [1.82, 2.24) is 4.98 Å². The van der Waals surface area contributed by atoms with Crippen LogP contribution in [0.3, 0.4) is 0 Å². The van der Waals surface area contributed by atoms with E-state index < -0.39 is 18.2 Å². The van der Waals surface area contributed by atoms with Crippen LogP contribution in [0.2, 0.25) is 0 Å². The van der Waals surface area contributed by atoms with E-state index in [9.17, 15) is 15.0 Å². The van der Waals surface area contributed by atoms with Crippen molar-refractivity contribution in [2.24, 2.45) is 0 Å². The number of carbonyl (C=O) groups excluding carboxylic acids is 1. The van der Waals surface area contributed by atoms with Crippen LogP contribution >= 0.6 is 11.3 Å². The summed E-state index contributed by atoms with van der Waals surface area (Å²) in [6.45, 7) is 1.79. The van der Waals surface area contributed by atoms with Gasteiger partial charge in [-0.3, -0.25) is 0 Å². The molecule has 1 heterocycles. The normalized spacial score (nSPS) is 14.8. The Morgan fingerprint density at radius 1 is 1.71 bits per heavy atom. The lowest BCUT2D eigenvalue weighted by molar-refractivity contribution is -0.159. The maximum Gasteiger partial charge on any atom is 0.338 e. The molecule has 1 aromatic rings. The van der Waals surface area contributed by atoms with Gasteiger partial charge in [-0.15, -0.1) is 11.3 Å². The van der Waals surface area contributed by atoms with E-state index in [1.165, 1.54) is 17.5 Å². The van der Waals surface area contributed by atoms with Crippen molar-refractivity contribution in [2.75, 3.05) is 6.61 Å². The maximum atomic E-state index is 11.0. The molecular formula is C8H11NO4S. The quantitative estimate of drug-likeness (QED) is 0.699. The van der Waals surface area contributed by atoms with Gasteiger partial charge in [0.05, 0.1) is 6.61 Å². The third kappa shape index (κ3) is 2.50. The molecule has 0 saturated carbocycles. The van der Waals surface area contributed by atoms with Gasteiger partial charge in [0, 0.05) is 11.6 Å². The average molecular weight is 217 g/mol. The maximum absolute atomic E-state index is 11.0. The monoisotopic (exact) mass is 217 g/mol. The molecule has 0 spiro atoms. The van der Waals surface area contributed by atoms with Crippen LogP contribution in [0, 0.1) is 0 Å². The Labute approximate surface area is 85.0 Å². The molecule has 2 N–H and O–H groups in total. The fourth-order valence-corrected chi connectivity index (χ4v) is 1.52. The summed E-state index contributed by atoms with van der Waals surface area (Å²) in [7, 11) is 0. The molecule has 1 aromatic heterocycles. The minimum absolute atomic E-state index is 0.167. The molecule has 0 radical (unpaired) electrons. The van der Waals surface area contributed by atoms with Crippen molar-refractivity contribution < 1.29 is 19.7 Å². The molecule has 0 amide bonds. The summed E-state index contributed by atoms with van der Waals surface area (Å²) < 4.78 is 4.55. The summed E-state index contributed by atoms with van der Waals surface area (Å²) in [6, 6.07) is 0. The molecule has 0 aromatic carbocycles. The second kappa shape index (κ2) is 5.04. The standard InChI is InChI=1S/C8H11NO4S/c1-2-13-8(12)6(11)5(10)7-9-3-4-14-7/h3-6,10-11H,2H2,1H3. The lowest BCUT2D eigenvalue weighted by Crippen LogP contribution is -2.29. The summed E-state index contributed by atoms with van der Waals surface area (Å²) in [5, 5.41) is 20.7. The van der Waals surface area contributed by atoms with Gasteiger partial charge in [-0.1, -0.05) is 0 Å². The van der Waals surface area contributed by atoms with Crippen LogP contribution in [0.25, 0.3) is 0 Å². The van der Waals surface area contributed by atoms with E-state index in [0.29, 0.717) is 5.01 Å². The smallest absolute Gasteiger partial charge is 0.338 e. The largest absolute Gasteiger partial charge is 0.464 e. The van der Waals surface area contributed by atoms with Gasteiger partial charge in [-0.25, -0.2) is 9.78 Å². The van der Waals surface area contributed by atoms with E-state index >= 15 is 0 Å². The van der Waals surface area contributed by atoms with Crippen LogP contribution in [0.4, 0.5) is 0 Å². The van der Waals surface area contributed by atoms with Gasteiger partial charge in [0.15, 0.2) is 6.10 Å². The topological polar surface area (TPSA) is 79.7 Å². The Morgan fingerprint density at radius 2 is 2.43 bits per heavy atom. The zero-order valence-electron chi connectivity index (χ0n) is 7.58. The Kier molecular flexibility index (Phi) is 3.99. The van der Waals surface area contributed by atoms with E-state index in [4.69, 9.17) is 0 Å². The Hall–Kier alpha value is -0.980. The fourth-order valence-electron chi connectivity index (χ4n) is 0.872. The number of esters is 1. The third-order valence-electron chi connectivity index (χ3n) is 1.53. The SMILES string of the molecule is CCOC(=O)C(O)C(O)c1nccs1. The molecule has 6 heteroatoms. The summed E-state index contributed by atoms with van der Waals surface area (Å²) in [4.78, 5) is 14.8. The van der Waals surface area contributed by atoms with Gasteiger partial charge in [0.2, 0.25) is 0 Å². The van der Waals surface area contributed by atoms with Crippen molar-refractivity contribution in [2.45, 2.75) is 19.1 Å². The van der Waals surface area contributed by atoms with Crippen LogP contribution in [-0.2, 0) is 9.53 Å². The lowest BCUT2D eigenvalue weighted by Gasteiger charge is -2.13. The summed E-state index contributed by atoms with van der Waals surface area (Å²) >= 11 is 1.17. The molecule has 1 rings (SSSR count). The number of rotatable bonds is 4. The number of nitrogens with zero attached hydrogens (tertiary/aromatic N) is 1. The molecule has 0 aliphatic heterocycles. The first-order chi connectivity index (χ1) is 6.66. The van der Waals surface area contributed by atoms with E-state index in [0.717, 1.165) is 0 Å². The molecule has 5 nitrogen and oxygen atoms in total. The van der Waals surface area contributed by atoms with Crippen LogP contribution in [0.15, 0.2) is 11.6 Å². The Morgan fingerprint density at radius 3 is 2.93 bits per heavy atom. The van der Waals surface area contributed by atoms with Crippen molar-refractivity contribution in [1.29, 1.82) is 0 Å². The Balaban J connectivity index is 2.61. The molecular weight excluding hydrogens is 206 g/mol. The second-order valence-corrected chi connectivity index (χ2v) is 3.44. The number of aliphatic hydroxyl groups is 2. The number of ether oxygens (including phenoxy) is 1. The highest BCUT2D eigenvalue weighted by Gasteiger charge is 2.28. The summed E-state index contributed by atoms with van der Waals surface area (Å²) in [5.41, 5.74) is 0. The molecule has 0 fully saturated rings. The van der Waals surface area contributed by atoms with E-state index in [2.05, 4.69) is 9.72 Å². The molecule has 0 aliphatic carbocycles. The van der Waals surface area contributed by atoms with Crippen LogP contribution in [0.1, 0.15) is 18.0 Å². The van der Waals surface area contributed by atoms with Crippen LogP contribution < -0.4 is 0 Å². The second-order valence-electron chi connectivity index (χ2n) is 2.51. The minimum Gasteiger partial charge on any atom is -0.464 e. The van der Waals surface area contributed by atoms with Crippen LogP contribution in [-0.4, -0.2) is 33.9 Å². The third-order valence-corrected chi connectivity index (χ3v) is 2.38. The first-order valence-corrected chi connectivity index (χ1v) is 4.97. The van der Waals surface area contributed by atoms with Gasteiger partial charge < -0.3 is 14.9 Å². The Bertz CT molecular complexity index is 288. The molecule has 2 atom stereocenters. The number of hydrogen-bond donors (Lipinski definition) is 2. The van der Waals surface area contributed by atoms with Crippen molar-refractivity contribution in [3.63, 3.8) is 0 Å². The minimum atomic E-state index is -1.57. The summed E-state index contributed by atoms with van der Waals surface area (Å²) in [5.74, 6) is -0.838. The number of carbonyl (C=O) groups is 1. The van der Waals surface area contributed by atoms with Gasteiger partial charge >= 0.3 is 5.97 Å². The van der Waals surface area contributed by atoms with Gasteiger partial charge in [-0.2, -0.15) is 0 Å². The first-order valence-electron chi connectivity index (χ1n) is 4.09. The lowest BCUT2D eigenvalue weighted by atomic mass is 10.2. The van der Waals surface area contributed by atoms with Crippen LogP contribution in [0.5, 0.6) is 0 Å². The molecule has 78 valence electrons. The number of thiazole rings is 1. The number of aliphatic hydroxyl groups excluding tert-OH is 2. The highest BCUT2D eigenvalue weighted by Crippen LogP contribution is 2.19. The van der Waals surface area contributed by atoms with Crippen molar-refractivity contribution in [3.8, 4) is 0 Å². The van der Waals surface area contributed by atoms with E-state index in [-0.39, 0.29) is 6.61 Å². The van der Waals surface area contributed by atoms with E-state index in [1.54, 1.807) is 12.3 Å². The molecule has 2 unspecified atom stereocenters. The fraction of sp³-hybridized carbons (Fsp3) is 0.500. The average Bonchev–Trinajstić information content (AvgIpc) is 2.68. The van der Waals surface area contributed by atoms with Gasteiger partial charge in [-0.05, 0) is 6.92 Å². The number of hydrogen-bond acceptors (Lipinski definition) is 6. The molecule has 0 aliphatic rings. The van der Waals surface area contributed by atoms with Gasteiger partial charge in [0.25, 0.3) is 0 Å². The predicted octanol–water partition coefficient (Wildman–Crippen LogP) is 0.100. The highest BCUT2D eigenvalue weighted by atomic mass is 32.1. The van der Waals surface area contributed by atoms with E-state index in [1.807, 2.05) is 0 Å². The zero-order chi connectivity index (χ0) is 10.6. The predicted molar refractivity (Wildman–Crippen MR) is 49.7 cm³/mol. The van der Waals surface area contributed by atoms with Crippen molar-refractivity contribution >= 4 is 17.3 Å². The first kappa shape index (κ1) is 11.1. The summed E-state index contributed by atoms with van der Waals surface area (Å²) in [6.07, 6.45) is -1.39. The molecule has 0 saturated heterocycles. The molecule has 0 bridgehead atoms. The van der Waals surface area contributed by atoms with Crippen molar-refractivity contribution in [3.05, 3.63) is 16.6 Å². The van der Waals surface area contributed by atoms with Gasteiger partial charge in [0.1, 0.15) is 11.1 Å².